The van der Waals surface area contributed by atoms with E-state index >= 15 is 0 Å². The fourth-order valence-electron chi connectivity index (χ4n) is 4.34. The number of carbonyl (C=O) groups is 2. The molecule has 1 saturated carbocycles. The number of nitrogens with zero attached hydrogens (tertiary/aromatic N) is 3. The van der Waals surface area contributed by atoms with Crippen LogP contribution in [0.3, 0.4) is 0 Å². The molecule has 1 aromatic carbocycles. The van der Waals surface area contributed by atoms with Gasteiger partial charge in [0.1, 0.15) is 18.2 Å². The van der Waals surface area contributed by atoms with E-state index in [9.17, 15) is 14.0 Å². The van der Waals surface area contributed by atoms with Gasteiger partial charge in [-0.25, -0.2) is 14.2 Å². The number of hydrogen-bond acceptors (Lipinski definition) is 6. The zero-order valence-corrected chi connectivity index (χ0v) is 19.2. The minimum Gasteiger partial charge on any atom is -0.447 e. The highest BCUT2D eigenvalue weighted by Gasteiger charge is 2.37. The highest BCUT2D eigenvalue weighted by Crippen LogP contribution is 2.27. The van der Waals surface area contributed by atoms with Gasteiger partial charge in [0, 0.05) is 12.2 Å². The molecular formula is C24H30FN5O3. The molecule has 1 aliphatic carbocycles. The second kappa shape index (κ2) is 9.72. The van der Waals surface area contributed by atoms with Crippen LogP contribution in [0.25, 0.3) is 0 Å². The molecule has 0 radical (unpaired) electrons. The predicted molar refractivity (Wildman–Crippen MR) is 123 cm³/mol. The van der Waals surface area contributed by atoms with Gasteiger partial charge in [0.05, 0.1) is 17.6 Å². The Kier molecular flexibility index (Phi) is 6.76. The molecule has 1 saturated heterocycles. The minimum absolute atomic E-state index is 0.0448. The Morgan fingerprint density at radius 3 is 2.67 bits per heavy atom. The second-order valence-corrected chi connectivity index (χ2v) is 9.06. The van der Waals surface area contributed by atoms with Crippen LogP contribution in [0.5, 0.6) is 0 Å². The van der Waals surface area contributed by atoms with E-state index in [1.807, 2.05) is 20.8 Å². The van der Waals surface area contributed by atoms with Crippen molar-refractivity contribution in [3.05, 3.63) is 47.4 Å². The molecule has 2 aliphatic rings. The van der Waals surface area contributed by atoms with Crippen molar-refractivity contribution in [1.82, 2.24) is 15.3 Å². The standard InChI is InChI=1S/C24H30FN5O3/c1-14(2)20-13-33-24(32)30(20)21-10-11-26-23(29-21)27-15(3)16-8-9-18(19(25)12-16)22(31)28-17-6-4-5-7-17/h8-12,14-15,17,20H,4-7,13H2,1-3H3,(H,28,31)(H,26,27,29)/t15-,20?/m0/s1. The molecule has 2 amide bonds. The highest BCUT2D eigenvalue weighted by molar-refractivity contribution is 5.94. The van der Waals surface area contributed by atoms with E-state index in [2.05, 4.69) is 20.6 Å². The fourth-order valence-corrected chi connectivity index (χ4v) is 4.34. The van der Waals surface area contributed by atoms with Crippen molar-refractivity contribution in [3.8, 4) is 0 Å². The van der Waals surface area contributed by atoms with Gasteiger partial charge in [-0.1, -0.05) is 32.8 Å². The topological polar surface area (TPSA) is 96.5 Å². The lowest BCUT2D eigenvalue weighted by atomic mass is 10.0. The summed E-state index contributed by atoms with van der Waals surface area (Å²) in [6.07, 6.45) is 5.21. The largest absolute Gasteiger partial charge is 0.447 e. The normalized spacial score (nSPS) is 19.6. The lowest BCUT2D eigenvalue weighted by Gasteiger charge is -2.24. The highest BCUT2D eigenvalue weighted by atomic mass is 19.1. The predicted octanol–water partition coefficient (Wildman–Crippen LogP) is 4.44. The molecule has 1 aromatic heterocycles. The number of halogens is 1. The van der Waals surface area contributed by atoms with E-state index in [4.69, 9.17) is 4.74 Å². The molecular weight excluding hydrogens is 425 g/mol. The van der Waals surface area contributed by atoms with Crippen LogP contribution in [0.1, 0.15) is 68.4 Å². The second-order valence-electron chi connectivity index (χ2n) is 9.06. The maximum absolute atomic E-state index is 14.7. The molecule has 2 heterocycles. The number of nitrogens with one attached hydrogen (secondary N) is 2. The van der Waals surface area contributed by atoms with Gasteiger partial charge in [0.25, 0.3) is 5.91 Å². The number of carbonyl (C=O) groups excluding carboxylic acids is 2. The van der Waals surface area contributed by atoms with E-state index in [1.165, 1.54) is 12.1 Å². The van der Waals surface area contributed by atoms with Gasteiger partial charge in [0.15, 0.2) is 0 Å². The molecule has 176 valence electrons. The summed E-state index contributed by atoms with van der Waals surface area (Å²) in [5, 5.41) is 6.06. The summed E-state index contributed by atoms with van der Waals surface area (Å²) in [6, 6.07) is 5.96. The van der Waals surface area contributed by atoms with E-state index in [0.29, 0.717) is 23.9 Å². The Morgan fingerprint density at radius 1 is 1.21 bits per heavy atom. The van der Waals surface area contributed by atoms with E-state index in [-0.39, 0.29) is 35.5 Å². The lowest BCUT2D eigenvalue weighted by Crippen LogP contribution is -2.37. The van der Waals surface area contributed by atoms with Gasteiger partial charge < -0.3 is 15.4 Å². The van der Waals surface area contributed by atoms with Crippen LogP contribution in [0.2, 0.25) is 0 Å². The summed E-state index contributed by atoms with van der Waals surface area (Å²) in [5.41, 5.74) is 0.697. The van der Waals surface area contributed by atoms with Crippen LogP contribution < -0.4 is 15.5 Å². The first-order valence-corrected chi connectivity index (χ1v) is 11.5. The molecule has 0 spiro atoms. The van der Waals surface area contributed by atoms with Crippen molar-refractivity contribution in [3.63, 3.8) is 0 Å². The Morgan fingerprint density at radius 2 is 1.97 bits per heavy atom. The Balaban J connectivity index is 1.45. The molecule has 33 heavy (non-hydrogen) atoms. The van der Waals surface area contributed by atoms with Gasteiger partial charge >= 0.3 is 6.09 Å². The van der Waals surface area contributed by atoms with Crippen LogP contribution in [-0.4, -0.2) is 40.7 Å². The lowest BCUT2D eigenvalue weighted by molar-refractivity contribution is 0.0933. The molecule has 2 N–H and O–H groups in total. The summed E-state index contributed by atoms with van der Waals surface area (Å²) in [6.45, 7) is 6.21. The first kappa shape index (κ1) is 22.9. The number of rotatable bonds is 7. The van der Waals surface area contributed by atoms with Crippen molar-refractivity contribution in [2.75, 3.05) is 16.8 Å². The number of amides is 2. The maximum Gasteiger partial charge on any atom is 0.415 e. The Bertz CT molecular complexity index is 1020. The van der Waals surface area contributed by atoms with Crippen molar-refractivity contribution in [2.24, 2.45) is 5.92 Å². The molecule has 9 heteroatoms. The van der Waals surface area contributed by atoms with Gasteiger partial charge in [-0.15, -0.1) is 0 Å². The monoisotopic (exact) mass is 455 g/mol. The Labute approximate surface area is 192 Å². The molecule has 0 bridgehead atoms. The molecule has 8 nitrogen and oxygen atoms in total. The number of cyclic esters (lactones) is 1. The smallest absolute Gasteiger partial charge is 0.415 e. The summed E-state index contributed by atoms with van der Waals surface area (Å²) >= 11 is 0. The van der Waals surface area contributed by atoms with Gasteiger partial charge in [-0.2, -0.15) is 4.98 Å². The van der Waals surface area contributed by atoms with E-state index in [0.717, 1.165) is 25.7 Å². The van der Waals surface area contributed by atoms with Crippen LogP contribution in [0.15, 0.2) is 30.5 Å². The zero-order valence-electron chi connectivity index (χ0n) is 19.2. The molecule has 4 rings (SSSR count). The third-order valence-corrected chi connectivity index (χ3v) is 6.34. The van der Waals surface area contributed by atoms with Gasteiger partial charge in [0.2, 0.25) is 5.95 Å². The van der Waals surface area contributed by atoms with Crippen LogP contribution >= 0.6 is 0 Å². The number of hydrogen-bond donors (Lipinski definition) is 2. The molecule has 1 unspecified atom stereocenters. The number of anilines is 2. The maximum atomic E-state index is 14.7. The van der Waals surface area contributed by atoms with Crippen LogP contribution in [0.4, 0.5) is 21.0 Å². The average Bonchev–Trinajstić information content (AvgIpc) is 3.43. The number of aromatic nitrogens is 2. The van der Waals surface area contributed by atoms with Gasteiger partial charge in [-0.05, 0) is 49.4 Å². The first-order valence-electron chi connectivity index (χ1n) is 11.5. The quantitative estimate of drug-likeness (QED) is 0.641. The van der Waals surface area contributed by atoms with Crippen molar-refractivity contribution in [1.29, 1.82) is 0 Å². The van der Waals surface area contributed by atoms with Crippen molar-refractivity contribution in [2.45, 2.75) is 64.6 Å². The number of benzene rings is 1. The van der Waals surface area contributed by atoms with E-state index < -0.39 is 11.9 Å². The summed E-state index contributed by atoms with van der Waals surface area (Å²) < 4.78 is 19.9. The summed E-state index contributed by atoms with van der Waals surface area (Å²) in [7, 11) is 0. The molecule has 2 atom stereocenters. The summed E-state index contributed by atoms with van der Waals surface area (Å²) in [4.78, 5) is 34.9. The SMILES string of the molecule is CC(C)C1COC(=O)N1c1ccnc(N[C@@H](C)c2ccc(C(=O)NC3CCCC3)c(F)c2)n1. The third kappa shape index (κ3) is 5.07. The first-order chi connectivity index (χ1) is 15.8. The fraction of sp³-hybridized carbons (Fsp3) is 0.500. The Hall–Kier alpha value is -3.23. The summed E-state index contributed by atoms with van der Waals surface area (Å²) in [5.74, 6) is 0.0245. The van der Waals surface area contributed by atoms with Crippen molar-refractivity contribution < 1.29 is 18.7 Å². The minimum atomic E-state index is -0.564. The molecule has 2 aromatic rings. The molecule has 2 fully saturated rings. The van der Waals surface area contributed by atoms with Gasteiger partial charge in [-0.3, -0.25) is 9.69 Å². The van der Waals surface area contributed by atoms with Crippen LogP contribution in [-0.2, 0) is 4.74 Å². The van der Waals surface area contributed by atoms with Crippen molar-refractivity contribution >= 4 is 23.8 Å². The van der Waals surface area contributed by atoms with E-state index in [1.54, 1.807) is 23.2 Å². The number of ether oxygens (including phenoxy) is 1. The third-order valence-electron chi connectivity index (χ3n) is 6.34. The molecule has 1 aliphatic heterocycles. The average molecular weight is 456 g/mol. The zero-order chi connectivity index (χ0) is 23.5. The van der Waals surface area contributed by atoms with Crippen LogP contribution in [0, 0.1) is 11.7 Å².